The van der Waals surface area contributed by atoms with Gasteiger partial charge in [-0.3, -0.25) is 9.59 Å². The van der Waals surface area contributed by atoms with Crippen molar-refractivity contribution in [3.05, 3.63) is 65.7 Å². The number of nitrogens with one attached hydrogen (secondary N) is 1. The van der Waals surface area contributed by atoms with Crippen molar-refractivity contribution in [2.75, 3.05) is 11.4 Å². The molecule has 0 heterocycles. The summed E-state index contributed by atoms with van der Waals surface area (Å²) >= 11 is 0. The Kier molecular flexibility index (Phi) is 6.01. The van der Waals surface area contributed by atoms with Gasteiger partial charge in [-0.05, 0) is 42.0 Å². The zero-order valence-electron chi connectivity index (χ0n) is 13.3. The largest absolute Gasteiger partial charge is 0.352 e. The van der Waals surface area contributed by atoms with Crippen LogP contribution in [-0.2, 0) is 16.1 Å². The molecule has 0 aliphatic heterocycles. The van der Waals surface area contributed by atoms with Crippen LogP contribution in [0.15, 0.2) is 48.5 Å². The SMILES string of the molecule is CC(=O)N(CCC(=O)NCc1ccc(F)cc1)c1ccc(F)cc1. The summed E-state index contributed by atoms with van der Waals surface area (Å²) < 4.78 is 25.8. The molecule has 4 nitrogen and oxygen atoms in total. The molecule has 2 aromatic carbocycles. The van der Waals surface area contributed by atoms with E-state index in [1.54, 1.807) is 12.1 Å². The van der Waals surface area contributed by atoms with Gasteiger partial charge in [0.2, 0.25) is 11.8 Å². The summed E-state index contributed by atoms with van der Waals surface area (Å²) in [5, 5.41) is 2.71. The molecule has 0 bridgehead atoms. The topological polar surface area (TPSA) is 49.4 Å². The lowest BCUT2D eigenvalue weighted by Gasteiger charge is -2.21. The lowest BCUT2D eigenvalue weighted by atomic mass is 10.2. The molecule has 0 spiro atoms. The molecule has 1 N–H and O–H groups in total. The summed E-state index contributed by atoms with van der Waals surface area (Å²) in [7, 11) is 0. The number of carbonyl (C=O) groups excluding carboxylic acids is 2. The van der Waals surface area contributed by atoms with E-state index in [4.69, 9.17) is 0 Å². The van der Waals surface area contributed by atoms with E-state index >= 15 is 0 Å². The second-order valence-corrected chi connectivity index (χ2v) is 5.30. The van der Waals surface area contributed by atoms with Crippen LogP contribution < -0.4 is 10.2 Å². The van der Waals surface area contributed by atoms with Gasteiger partial charge in [0.1, 0.15) is 11.6 Å². The van der Waals surface area contributed by atoms with Gasteiger partial charge in [-0.1, -0.05) is 12.1 Å². The van der Waals surface area contributed by atoms with Gasteiger partial charge in [-0.15, -0.1) is 0 Å². The molecule has 2 rings (SSSR count). The fourth-order valence-corrected chi connectivity index (χ4v) is 2.19. The number of anilines is 1. The van der Waals surface area contributed by atoms with E-state index in [1.165, 1.54) is 48.2 Å². The first-order chi connectivity index (χ1) is 11.5. The average Bonchev–Trinajstić information content (AvgIpc) is 2.56. The van der Waals surface area contributed by atoms with Crippen molar-refractivity contribution in [2.45, 2.75) is 19.9 Å². The fourth-order valence-electron chi connectivity index (χ4n) is 2.19. The van der Waals surface area contributed by atoms with E-state index in [0.717, 1.165) is 5.56 Å². The molecule has 0 aliphatic carbocycles. The maximum absolute atomic E-state index is 13.0. The molecule has 2 aromatic rings. The quantitative estimate of drug-likeness (QED) is 0.884. The first-order valence-electron chi connectivity index (χ1n) is 7.50. The summed E-state index contributed by atoms with van der Waals surface area (Å²) in [5.41, 5.74) is 1.32. The number of halogens is 2. The molecule has 126 valence electrons. The molecule has 0 unspecified atom stereocenters. The molecule has 0 aliphatic rings. The van der Waals surface area contributed by atoms with Crippen LogP contribution in [0, 0.1) is 11.6 Å². The molecule has 6 heteroatoms. The van der Waals surface area contributed by atoms with Crippen LogP contribution in [0.5, 0.6) is 0 Å². The van der Waals surface area contributed by atoms with E-state index in [-0.39, 0.29) is 43.0 Å². The molecule has 24 heavy (non-hydrogen) atoms. The van der Waals surface area contributed by atoms with E-state index in [9.17, 15) is 18.4 Å². The number of hydrogen-bond donors (Lipinski definition) is 1. The summed E-state index contributed by atoms with van der Waals surface area (Å²) in [6.45, 7) is 1.87. The molecule has 0 aromatic heterocycles. The molecular formula is C18H18F2N2O2. The molecule has 0 saturated heterocycles. The maximum atomic E-state index is 13.0. The van der Waals surface area contributed by atoms with Gasteiger partial charge in [-0.2, -0.15) is 0 Å². The van der Waals surface area contributed by atoms with Gasteiger partial charge >= 0.3 is 0 Å². The van der Waals surface area contributed by atoms with Crippen molar-refractivity contribution in [2.24, 2.45) is 0 Å². The first-order valence-corrected chi connectivity index (χ1v) is 7.50. The lowest BCUT2D eigenvalue weighted by Crippen LogP contribution is -2.33. The molecule has 0 radical (unpaired) electrons. The van der Waals surface area contributed by atoms with Crippen molar-refractivity contribution >= 4 is 17.5 Å². The Morgan fingerprint density at radius 3 is 2.04 bits per heavy atom. The third-order valence-electron chi connectivity index (χ3n) is 3.48. The molecule has 0 fully saturated rings. The lowest BCUT2D eigenvalue weighted by molar-refractivity contribution is -0.121. The second kappa shape index (κ2) is 8.19. The third kappa shape index (κ3) is 5.15. The van der Waals surface area contributed by atoms with Gasteiger partial charge in [-0.25, -0.2) is 8.78 Å². The Balaban J connectivity index is 1.87. The Bertz CT molecular complexity index is 700. The standard InChI is InChI=1S/C18H18F2N2O2/c1-13(23)22(17-8-6-16(20)7-9-17)11-10-18(24)21-12-14-2-4-15(19)5-3-14/h2-9H,10-12H2,1H3,(H,21,24). The highest BCUT2D eigenvalue weighted by Gasteiger charge is 2.13. The Hall–Kier alpha value is -2.76. The summed E-state index contributed by atoms with van der Waals surface area (Å²) in [5.74, 6) is -1.18. The Labute approximate surface area is 139 Å². The summed E-state index contributed by atoms with van der Waals surface area (Å²) in [6, 6.07) is 11.4. The number of nitrogens with zero attached hydrogens (tertiary/aromatic N) is 1. The first kappa shape index (κ1) is 17.6. The highest BCUT2D eigenvalue weighted by molar-refractivity contribution is 5.92. The smallest absolute Gasteiger partial charge is 0.223 e. The van der Waals surface area contributed by atoms with Crippen molar-refractivity contribution < 1.29 is 18.4 Å². The third-order valence-corrected chi connectivity index (χ3v) is 3.48. The van der Waals surface area contributed by atoms with Crippen molar-refractivity contribution in [1.82, 2.24) is 5.32 Å². The van der Waals surface area contributed by atoms with Crippen LogP contribution in [0.3, 0.4) is 0 Å². The van der Waals surface area contributed by atoms with Gasteiger partial charge in [0, 0.05) is 32.1 Å². The van der Waals surface area contributed by atoms with E-state index in [1.807, 2.05) is 0 Å². The predicted molar refractivity (Wildman–Crippen MR) is 87.3 cm³/mol. The minimum atomic E-state index is -0.390. The van der Waals surface area contributed by atoms with Gasteiger partial charge in [0.15, 0.2) is 0 Å². The second-order valence-electron chi connectivity index (χ2n) is 5.30. The molecule has 2 amide bonds. The maximum Gasteiger partial charge on any atom is 0.223 e. The molecule has 0 saturated carbocycles. The highest BCUT2D eigenvalue weighted by Crippen LogP contribution is 2.15. The number of benzene rings is 2. The van der Waals surface area contributed by atoms with Crippen LogP contribution in [0.25, 0.3) is 0 Å². The van der Waals surface area contributed by atoms with Crippen LogP contribution >= 0.6 is 0 Å². The summed E-state index contributed by atoms with van der Waals surface area (Å²) in [4.78, 5) is 25.0. The number of rotatable bonds is 6. The fraction of sp³-hybridized carbons (Fsp3) is 0.222. The number of carbonyl (C=O) groups is 2. The monoisotopic (exact) mass is 332 g/mol. The van der Waals surface area contributed by atoms with Crippen LogP contribution in [0.4, 0.5) is 14.5 Å². The van der Waals surface area contributed by atoms with E-state index < -0.39 is 0 Å². The minimum Gasteiger partial charge on any atom is -0.352 e. The van der Waals surface area contributed by atoms with Crippen LogP contribution in [-0.4, -0.2) is 18.4 Å². The van der Waals surface area contributed by atoms with Crippen LogP contribution in [0.2, 0.25) is 0 Å². The minimum absolute atomic E-state index is 0.109. The number of hydrogen-bond acceptors (Lipinski definition) is 2. The van der Waals surface area contributed by atoms with Crippen molar-refractivity contribution in [3.8, 4) is 0 Å². The van der Waals surface area contributed by atoms with E-state index in [2.05, 4.69) is 5.32 Å². The van der Waals surface area contributed by atoms with Crippen molar-refractivity contribution in [1.29, 1.82) is 0 Å². The predicted octanol–water partition coefficient (Wildman–Crippen LogP) is 3.02. The summed E-state index contributed by atoms with van der Waals surface area (Å²) in [6.07, 6.45) is 0.109. The Morgan fingerprint density at radius 1 is 0.958 bits per heavy atom. The van der Waals surface area contributed by atoms with Crippen molar-refractivity contribution in [3.63, 3.8) is 0 Å². The zero-order valence-corrected chi connectivity index (χ0v) is 13.3. The highest BCUT2D eigenvalue weighted by atomic mass is 19.1. The zero-order chi connectivity index (χ0) is 17.5. The number of amides is 2. The average molecular weight is 332 g/mol. The van der Waals surface area contributed by atoms with Gasteiger partial charge in [0.05, 0.1) is 0 Å². The van der Waals surface area contributed by atoms with Gasteiger partial charge in [0.25, 0.3) is 0 Å². The normalized spacial score (nSPS) is 10.3. The van der Waals surface area contributed by atoms with Crippen LogP contribution in [0.1, 0.15) is 18.9 Å². The Morgan fingerprint density at radius 2 is 1.50 bits per heavy atom. The van der Waals surface area contributed by atoms with E-state index in [0.29, 0.717) is 5.69 Å². The van der Waals surface area contributed by atoms with Gasteiger partial charge < -0.3 is 10.2 Å². The molecule has 0 atom stereocenters. The molecular weight excluding hydrogens is 314 g/mol.